The average Bonchev–Trinajstić information content (AvgIpc) is 3.47. The van der Waals surface area contributed by atoms with Gasteiger partial charge in [0.25, 0.3) is 7.82 Å². The molecule has 0 saturated heterocycles. The molecule has 0 rings (SSSR count). The molecule has 0 fully saturated rings. The number of aliphatic hydroxyl groups excluding tert-OH is 1. The lowest BCUT2D eigenvalue weighted by Crippen LogP contribution is -2.45. The van der Waals surface area contributed by atoms with Crippen molar-refractivity contribution < 1.29 is 32.9 Å². The van der Waals surface area contributed by atoms with Crippen LogP contribution in [0.2, 0.25) is 0 Å². The highest BCUT2D eigenvalue weighted by atomic mass is 31.2. The van der Waals surface area contributed by atoms with Crippen LogP contribution in [0.4, 0.5) is 0 Å². The first-order valence-electron chi connectivity index (χ1n) is 34.9. The van der Waals surface area contributed by atoms with E-state index in [9.17, 15) is 19.4 Å². The molecule has 0 radical (unpaired) electrons. The van der Waals surface area contributed by atoms with E-state index in [-0.39, 0.29) is 12.5 Å². The van der Waals surface area contributed by atoms with Crippen molar-refractivity contribution >= 4 is 13.7 Å². The van der Waals surface area contributed by atoms with Gasteiger partial charge in [0.2, 0.25) is 5.91 Å². The van der Waals surface area contributed by atoms with Gasteiger partial charge in [-0.25, -0.2) is 0 Å². The molecular formula is C73H135N2O6P. The minimum Gasteiger partial charge on any atom is -0.756 e. The van der Waals surface area contributed by atoms with Gasteiger partial charge < -0.3 is 28.8 Å². The zero-order valence-electron chi connectivity index (χ0n) is 54.7. The van der Waals surface area contributed by atoms with E-state index in [0.717, 1.165) is 70.6 Å². The topological polar surface area (TPSA) is 108 Å². The number of quaternary nitrogens is 1. The second-order valence-corrected chi connectivity index (χ2v) is 26.3. The fourth-order valence-corrected chi connectivity index (χ4v) is 10.9. The van der Waals surface area contributed by atoms with E-state index >= 15 is 0 Å². The highest BCUT2D eigenvalue weighted by Gasteiger charge is 2.23. The number of carbonyl (C=O) groups excluding carboxylic acids is 1. The zero-order valence-corrected chi connectivity index (χ0v) is 55.6. The lowest BCUT2D eigenvalue weighted by atomic mass is 10.0. The van der Waals surface area contributed by atoms with Crippen molar-refractivity contribution in [1.29, 1.82) is 0 Å². The van der Waals surface area contributed by atoms with Crippen LogP contribution in [0.5, 0.6) is 0 Å². The van der Waals surface area contributed by atoms with Crippen LogP contribution in [-0.4, -0.2) is 68.5 Å². The van der Waals surface area contributed by atoms with E-state index < -0.39 is 26.6 Å². The molecule has 0 saturated carbocycles. The smallest absolute Gasteiger partial charge is 0.268 e. The lowest BCUT2D eigenvalue weighted by Gasteiger charge is -2.29. The number of nitrogens with one attached hydrogen (secondary N) is 1. The molecule has 0 spiro atoms. The summed E-state index contributed by atoms with van der Waals surface area (Å²) in [5, 5.41) is 13.9. The number of aliphatic hydroxyl groups is 1. The number of unbranched alkanes of at least 4 members (excludes halogenated alkanes) is 39. The van der Waals surface area contributed by atoms with Gasteiger partial charge in [0.1, 0.15) is 13.2 Å². The summed E-state index contributed by atoms with van der Waals surface area (Å²) in [5.74, 6) is -0.203. The summed E-state index contributed by atoms with van der Waals surface area (Å²) in [7, 11) is 1.25. The van der Waals surface area contributed by atoms with Gasteiger partial charge in [0.15, 0.2) is 0 Å². The van der Waals surface area contributed by atoms with E-state index in [1.54, 1.807) is 6.08 Å². The Morgan fingerprint density at radius 3 is 1.13 bits per heavy atom. The zero-order chi connectivity index (χ0) is 59.8. The summed E-state index contributed by atoms with van der Waals surface area (Å²) in [6, 6.07) is -0.906. The van der Waals surface area contributed by atoms with Crippen LogP contribution in [0.1, 0.15) is 322 Å². The first-order chi connectivity index (χ1) is 40.0. The molecule has 0 heterocycles. The van der Waals surface area contributed by atoms with Crippen molar-refractivity contribution in [3.63, 3.8) is 0 Å². The highest BCUT2D eigenvalue weighted by molar-refractivity contribution is 7.45. The molecule has 3 atom stereocenters. The fourth-order valence-electron chi connectivity index (χ4n) is 10.2. The van der Waals surface area contributed by atoms with Crippen molar-refractivity contribution in [2.75, 3.05) is 40.9 Å². The third-order valence-electron chi connectivity index (χ3n) is 15.6. The first kappa shape index (κ1) is 79.7. The van der Waals surface area contributed by atoms with E-state index in [1.165, 1.54) is 231 Å². The third-order valence-corrected chi connectivity index (χ3v) is 16.6. The molecule has 0 aromatic rings. The molecule has 3 unspecified atom stereocenters. The first-order valence-corrected chi connectivity index (χ1v) is 36.4. The third kappa shape index (κ3) is 65.2. The van der Waals surface area contributed by atoms with Gasteiger partial charge in [0, 0.05) is 6.42 Å². The van der Waals surface area contributed by atoms with Gasteiger partial charge >= 0.3 is 0 Å². The van der Waals surface area contributed by atoms with E-state index in [4.69, 9.17) is 9.05 Å². The molecule has 478 valence electrons. The normalized spacial score (nSPS) is 14.2. The molecule has 0 aromatic carbocycles. The molecule has 8 nitrogen and oxygen atoms in total. The number of nitrogens with zero attached hydrogens (tertiary/aromatic N) is 1. The van der Waals surface area contributed by atoms with E-state index in [2.05, 4.69) is 92.1 Å². The maximum Gasteiger partial charge on any atom is 0.268 e. The Hall–Kier alpha value is -2.32. The van der Waals surface area contributed by atoms with E-state index in [0.29, 0.717) is 17.4 Å². The molecule has 0 aliphatic carbocycles. The fraction of sp³-hybridized carbons (Fsp3) is 0.795. The second kappa shape index (κ2) is 63.2. The molecule has 0 aliphatic heterocycles. The Morgan fingerprint density at radius 1 is 0.439 bits per heavy atom. The molecule has 82 heavy (non-hydrogen) atoms. The van der Waals surface area contributed by atoms with Crippen molar-refractivity contribution in [3.8, 4) is 0 Å². The molecule has 1 amide bonds. The van der Waals surface area contributed by atoms with Crippen LogP contribution in [-0.2, 0) is 18.4 Å². The summed E-state index contributed by atoms with van der Waals surface area (Å²) < 4.78 is 23.4. The van der Waals surface area contributed by atoms with E-state index in [1.807, 2.05) is 27.2 Å². The van der Waals surface area contributed by atoms with Gasteiger partial charge in [-0.15, -0.1) is 0 Å². The number of likely N-dealkylation sites (N-methyl/N-ethyl adjacent to an activating group) is 1. The number of amides is 1. The minimum absolute atomic E-state index is 0.00692. The van der Waals surface area contributed by atoms with Gasteiger partial charge in [-0.05, 0) is 77.0 Å². The van der Waals surface area contributed by atoms with Gasteiger partial charge in [-0.3, -0.25) is 9.36 Å². The Morgan fingerprint density at radius 2 is 0.756 bits per heavy atom. The van der Waals surface area contributed by atoms with Crippen LogP contribution >= 0.6 is 7.82 Å². The van der Waals surface area contributed by atoms with Gasteiger partial charge in [-0.1, -0.05) is 324 Å². The molecule has 0 bridgehead atoms. The SMILES string of the molecule is CC/C=C\C/C=C\C/C=C\C/C=C\C/C=C\CCCCCCCCCCCCCCCCCCCCCCCC(=O)NC(COP(=O)([O-])OCC[N+](C)(C)C)C(O)/C=C/CC/C=C/CCCCCCCCCCCCCCCCCCC. The Balaban J connectivity index is 4.04. The predicted octanol–water partition coefficient (Wildman–Crippen LogP) is 21.7. The molecule has 9 heteroatoms. The van der Waals surface area contributed by atoms with Crippen LogP contribution in [0, 0.1) is 0 Å². The number of allylic oxidation sites excluding steroid dienone is 13. The Bertz CT molecular complexity index is 1610. The maximum atomic E-state index is 13.0. The Kier molecular flexibility index (Phi) is 61.4. The minimum atomic E-state index is -4.61. The largest absolute Gasteiger partial charge is 0.756 e. The number of rotatable bonds is 64. The number of phosphoric acid groups is 1. The lowest BCUT2D eigenvalue weighted by molar-refractivity contribution is -0.870. The van der Waals surface area contributed by atoms with Gasteiger partial charge in [0.05, 0.1) is 39.9 Å². The van der Waals surface area contributed by atoms with Gasteiger partial charge in [-0.2, -0.15) is 0 Å². The number of hydrogen-bond donors (Lipinski definition) is 2. The molecule has 0 aliphatic rings. The number of hydrogen-bond acceptors (Lipinski definition) is 6. The van der Waals surface area contributed by atoms with Crippen molar-refractivity contribution in [2.24, 2.45) is 0 Å². The Labute approximate surface area is 509 Å². The molecule has 0 aromatic heterocycles. The summed E-state index contributed by atoms with van der Waals surface area (Å²) in [5.41, 5.74) is 0. The summed E-state index contributed by atoms with van der Waals surface area (Å²) in [6.45, 7) is 4.55. The maximum absolute atomic E-state index is 13.0. The molecular weight excluding hydrogens is 1030 g/mol. The van der Waals surface area contributed by atoms with Crippen LogP contribution in [0.25, 0.3) is 0 Å². The monoisotopic (exact) mass is 1170 g/mol. The van der Waals surface area contributed by atoms with Crippen molar-refractivity contribution in [2.45, 2.75) is 334 Å². The van der Waals surface area contributed by atoms with Crippen LogP contribution in [0.3, 0.4) is 0 Å². The predicted molar refractivity (Wildman–Crippen MR) is 357 cm³/mol. The molecule has 2 N–H and O–H groups in total. The highest BCUT2D eigenvalue weighted by Crippen LogP contribution is 2.38. The standard InChI is InChI=1S/C73H135N2O6P/c1-6-8-10-12-14-16-18-20-22-24-26-28-30-31-32-33-34-35-36-37-38-39-40-41-42-43-45-47-49-51-53-55-57-59-61-63-65-67-73(77)74-71(70-81-82(78,79)80-69-68-75(3,4)5)72(76)66-64-62-60-58-56-54-52-50-48-46-44-29-27-25-23-21-19-17-15-13-11-9-7-2/h8,10,14,16,20,22,26,28,31-32,56,58,64,66,71-72,76H,6-7,9,11-13,15,17-19,21,23-25,27,29-30,33-55,57,59-63,65,67-70H2,1-5H3,(H-,74,77,78,79)/b10-8-,16-14-,22-20-,28-26-,32-31-,58-56+,66-64+. The van der Waals surface area contributed by atoms with Crippen LogP contribution < -0.4 is 10.2 Å². The summed E-state index contributed by atoms with van der Waals surface area (Å²) in [6.07, 6.45) is 90.0. The average molecular weight is 1170 g/mol. The van der Waals surface area contributed by atoms with Crippen molar-refractivity contribution in [1.82, 2.24) is 5.32 Å². The number of phosphoric ester groups is 1. The summed E-state index contributed by atoms with van der Waals surface area (Å²) >= 11 is 0. The quantitative estimate of drug-likeness (QED) is 0.0272. The van der Waals surface area contributed by atoms with Crippen molar-refractivity contribution in [3.05, 3.63) is 85.1 Å². The van der Waals surface area contributed by atoms with Crippen LogP contribution in [0.15, 0.2) is 85.1 Å². The summed E-state index contributed by atoms with van der Waals surface area (Å²) in [4.78, 5) is 25.6. The second-order valence-electron chi connectivity index (χ2n) is 24.8. The number of carbonyl (C=O) groups is 1.